The van der Waals surface area contributed by atoms with Gasteiger partial charge in [0.1, 0.15) is 18.3 Å². The van der Waals surface area contributed by atoms with Gasteiger partial charge in [0.05, 0.1) is 19.1 Å². The number of methoxy groups -OCH3 is 1. The van der Waals surface area contributed by atoms with Gasteiger partial charge in [-0.1, -0.05) is 78.1 Å². The van der Waals surface area contributed by atoms with Crippen molar-refractivity contribution in [2.45, 2.75) is 45.3 Å². The standard InChI is InChI=1S/C30H34Cl3N3O5S/c1-5-20(2)34-30(38)27(15-21-9-7-6-8-10-21)35(18-22-11-12-23(31)16-25(22)33)29(37)19-36(42(4,39)40)26-17-24(32)13-14-28(26)41-3/h6-14,16-17,20,27H,5,15,18-19H2,1-4H3,(H,34,38). The smallest absolute Gasteiger partial charge is 0.244 e. The third-order valence-electron chi connectivity index (χ3n) is 6.72. The van der Waals surface area contributed by atoms with Crippen molar-refractivity contribution in [3.8, 4) is 5.75 Å². The molecule has 226 valence electrons. The summed E-state index contributed by atoms with van der Waals surface area (Å²) in [5.74, 6) is -0.799. The van der Waals surface area contributed by atoms with Gasteiger partial charge in [0.15, 0.2) is 0 Å². The van der Waals surface area contributed by atoms with Gasteiger partial charge in [0.2, 0.25) is 21.8 Å². The van der Waals surface area contributed by atoms with Crippen LogP contribution >= 0.6 is 34.8 Å². The topological polar surface area (TPSA) is 96.0 Å². The molecular formula is C30H34Cl3N3O5S. The largest absolute Gasteiger partial charge is 0.495 e. The lowest BCUT2D eigenvalue weighted by molar-refractivity contribution is -0.140. The lowest BCUT2D eigenvalue weighted by atomic mass is 10.0. The summed E-state index contributed by atoms with van der Waals surface area (Å²) in [4.78, 5) is 29.3. The van der Waals surface area contributed by atoms with Crippen LogP contribution in [0.15, 0.2) is 66.7 Å². The highest BCUT2D eigenvalue weighted by molar-refractivity contribution is 7.92. The van der Waals surface area contributed by atoms with Crippen LogP contribution in [0.25, 0.3) is 0 Å². The molecule has 1 N–H and O–H groups in total. The SMILES string of the molecule is CCC(C)NC(=O)C(Cc1ccccc1)N(Cc1ccc(Cl)cc1Cl)C(=O)CN(c1cc(Cl)ccc1OC)S(C)(=O)=O. The summed E-state index contributed by atoms with van der Waals surface area (Å²) in [6, 6.07) is 17.5. The fraction of sp³-hybridized carbons (Fsp3) is 0.333. The number of ether oxygens (including phenoxy) is 1. The van der Waals surface area contributed by atoms with E-state index in [9.17, 15) is 18.0 Å². The molecule has 2 amide bonds. The Morgan fingerprint density at radius 3 is 2.21 bits per heavy atom. The van der Waals surface area contributed by atoms with E-state index in [2.05, 4.69) is 5.32 Å². The molecule has 0 aromatic heterocycles. The number of carbonyl (C=O) groups excluding carboxylic acids is 2. The van der Waals surface area contributed by atoms with Crippen LogP contribution in [0.5, 0.6) is 5.75 Å². The molecule has 0 bridgehead atoms. The fourth-order valence-electron chi connectivity index (χ4n) is 4.28. The van der Waals surface area contributed by atoms with E-state index in [-0.39, 0.29) is 41.4 Å². The van der Waals surface area contributed by atoms with E-state index in [4.69, 9.17) is 39.5 Å². The van der Waals surface area contributed by atoms with Gasteiger partial charge in [-0.15, -0.1) is 0 Å². The highest BCUT2D eigenvalue weighted by atomic mass is 35.5. The number of amides is 2. The first-order chi connectivity index (χ1) is 19.8. The molecular weight excluding hydrogens is 621 g/mol. The van der Waals surface area contributed by atoms with Gasteiger partial charge in [0.25, 0.3) is 0 Å². The van der Waals surface area contributed by atoms with Crippen molar-refractivity contribution in [2.24, 2.45) is 0 Å². The zero-order valence-corrected chi connectivity index (χ0v) is 26.9. The van der Waals surface area contributed by atoms with Gasteiger partial charge in [-0.3, -0.25) is 13.9 Å². The molecule has 0 aliphatic carbocycles. The van der Waals surface area contributed by atoms with Crippen molar-refractivity contribution in [3.05, 3.63) is 92.9 Å². The van der Waals surface area contributed by atoms with Crippen LogP contribution in [0.4, 0.5) is 5.69 Å². The lowest BCUT2D eigenvalue weighted by Crippen LogP contribution is -2.54. The number of halogens is 3. The summed E-state index contributed by atoms with van der Waals surface area (Å²) in [6.07, 6.45) is 1.84. The molecule has 12 heteroatoms. The predicted molar refractivity (Wildman–Crippen MR) is 169 cm³/mol. The van der Waals surface area contributed by atoms with E-state index in [1.165, 1.54) is 24.1 Å². The van der Waals surface area contributed by atoms with Gasteiger partial charge in [0, 0.05) is 34.1 Å². The first kappa shape index (κ1) is 33.5. The quantitative estimate of drug-likeness (QED) is 0.245. The summed E-state index contributed by atoms with van der Waals surface area (Å²) in [7, 11) is -2.62. The highest BCUT2D eigenvalue weighted by Crippen LogP contribution is 2.33. The number of sulfonamides is 1. The number of benzene rings is 3. The number of hydrogen-bond acceptors (Lipinski definition) is 5. The molecule has 0 heterocycles. The first-order valence-electron chi connectivity index (χ1n) is 13.2. The summed E-state index contributed by atoms with van der Waals surface area (Å²) in [5, 5.41) is 3.95. The Balaban J connectivity index is 2.13. The summed E-state index contributed by atoms with van der Waals surface area (Å²) >= 11 is 18.8. The van der Waals surface area contributed by atoms with Crippen molar-refractivity contribution in [3.63, 3.8) is 0 Å². The Morgan fingerprint density at radius 1 is 0.976 bits per heavy atom. The molecule has 0 saturated heterocycles. The Bertz CT molecular complexity index is 1510. The van der Waals surface area contributed by atoms with Crippen LogP contribution in [0.2, 0.25) is 15.1 Å². The van der Waals surface area contributed by atoms with Crippen LogP contribution in [0.1, 0.15) is 31.4 Å². The van der Waals surface area contributed by atoms with Crippen molar-refractivity contribution in [2.75, 3.05) is 24.2 Å². The third-order valence-corrected chi connectivity index (χ3v) is 8.67. The van der Waals surface area contributed by atoms with Crippen LogP contribution in [-0.2, 0) is 32.6 Å². The van der Waals surface area contributed by atoms with Crippen LogP contribution in [-0.4, -0.2) is 57.1 Å². The maximum Gasteiger partial charge on any atom is 0.244 e. The zero-order valence-electron chi connectivity index (χ0n) is 23.8. The number of rotatable bonds is 13. The van der Waals surface area contributed by atoms with Crippen molar-refractivity contribution >= 4 is 62.3 Å². The number of anilines is 1. The van der Waals surface area contributed by atoms with Gasteiger partial charge >= 0.3 is 0 Å². The maximum atomic E-state index is 14.2. The molecule has 0 saturated carbocycles. The Kier molecular flexibility index (Phi) is 11.9. The lowest BCUT2D eigenvalue weighted by Gasteiger charge is -2.34. The molecule has 0 fully saturated rings. The van der Waals surface area contributed by atoms with Crippen LogP contribution < -0.4 is 14.4 Å². The molecule has 2 unspecified atom stereocenters. The Hall–Kier alpha value is -2.98. The zero-order chi connectivity index (χ0) is 31.0. The minimum Gasteiger partial charge on any atom is -0.495 e. The Morgan fingerprint density at radius 2 is 1.62 bits per heavy atom. The van der Waals surface area contributed by atoms with Crippen molar-refractivity contribution in [1.29, 1.82) is 0 Å². The molecule has 3 aromatic rings. The molecule has 0 aliphatic heterocycles. The maximum absolute atomic E-state index is 14.2. The second-order valence-corrected chi connectivity index (χ2v) is 13.1. The highest BCUT2D eigenvalue weighted by Gasteiger charge is 2.34. The summed E-state index contributed by atoms with van der Waals surface area (Å²) < 4.78 is 32.4. The monoisotopic (exact) mass is 653 g/mol. The number of nitrogens with one attached hydrogen (secondary N) is 1. The normalized spacial score (nSPS) is 12.7. The predicted octanol–water partition coefficient (Wildman–Crippen LogP) is 5.98. The van der Waals surface area contributed by atoms with E-state index in [0.29, 0.717) is 22.0 Å². The molecule has 2 atom stereocenters. The van der Waals surface area contributed by atoms with E-state index in [0.717, 1.165) is 16.1 Å². The molecule has 3 aromatic carbocycles. The Labute approximate surface area is 262 Å². The van der Waals surface area contributed by atoms with E-state index in [1.807, 2.05) is 44.2 Å². The van der Waals surface area contributed by atoms with E-state index < -0.39 is 28.5 Å². The minimum absolute atomic E-state index is 0.0788. The number of carbonyl (C=O) groups is 2. The summed E-state index contributed by atoms with van der Waals surface area (Å²) in [5.41, 5.74) is 1.45. The van der Waals surface area contributed by atoms with Gasteiger partial charge in [-0.25, -0.2) is 8.42 Å². The molecule has 3 rings (SSSR count). The molecule has 42 heavy (non-hydrogen) atoms. The molecule has 0 spiro atoms. The third kappa shape index (κ3) is 9.01. The second-order valence-electron chi connectivity index (χ2n) is 9.87. The van der Waals surface area contributed by atoms with Gasteiger partial charge < -0.3 is 15.0 Å². The van der Waals surface area contributed by atoms with Crippen LogP contribution in [0, 0.1) is 0 Å². The van der Waals surface area contributed by atoms with Gasteiger partial charge in [-0.2, -0.15) is 0 Å². The second kappa shape index (κ2) is 15.0. The van der Waals surface area contributed by atoms with Crippen molar-refractivity contribution < 1.29 is 22.7 Å². The van der Waals surface area contributed by atoms with Gasteiger partial charge in [-0.05, 0) is 54.8 Å². The summed E-state index contributed by atoms with van der Waals surface area (Å²) in [6.45, 7) is 3.11. The first-order valence-corrected chi connectivity index (χ1v) is 16.2. The number of nitrogens with zero attached hydrogens (tertiary/aromatic N) is 2. The average Bonchev–Trinajstić information content (AvgIpc) is 2.94. The molecule has 0 aliphatic rings. The molecule has 8 nitrogen and oxygen atoms in total. The van der Waals surface area contributed by atoms with E-state index >= 15 is 0 Å². The molecule has 0 radical (unpaired) electrons. The van der Waals surface area contributed by atoms with E-state index in [1.54, 1.807) is 24.3 Å². The number of hydrogen-bond donors (Lipinski definition) is 1. The van der Waals surface area contributed by atoms with Crippen LogP contribution in [0.3, 0.4) is 0 Å². The fourth-order valence-corrected chi connectivity index (χ4v) is 5.76. The average molecular weight is 655 g/mol. The minimum atomic E-state index is -4.01. The van der Waals surface area contributed by atoms with Crippen molar-refractivity contribution in [1.82, 2.24) is 10.2 Å².